The first kappa shape index (κ1) is 27.8. The minimum absolute atomic E-state index is 1.06. The molecule has 2 heteroatoms. The third kappa shape index (κ3) is 6.94. The van der Waals surface area contributed by atoms with Crippen LogP contribution in [0.1, 0.15) is 60.8 Å². The molecule has 4 aromatic carbocycles. The largest absolute Gasteiger partial charge is 0.248 e. The van der Waals surface area contributed by atoms with Gasteiger partial charge >= 0.3 is 0 Å². The van der Waals surface area contributed by atoms with Crippen LogP contribution in [0.25, 0.3) is 44.3 Å². The fraction of sp³-hybridized carbons (Fsp3) is 0.250. The molecule has 0 fully saturated rings. The molecule has 6 rings (SSSR count). The van der Waals surface area contributed by atoms with Crippen molar-refractivity contribution in [2.75, 3.05) is 0 Å². The smallest absolute Gasteiger partial charge is 0.0709 e. The number of aromatic nitrogens is 2. The van der Waals surface area contributed by atoms with Gasteiger partial charge in [-0.1, -0.05) is 97.5 Å². The zero-order valence-electron chi connectivity index (χ0n) is 24.9. The lowest BCUT2D eigenvalue weighted by Crippen LogP contribution is -1.92. The Morgan fingerprint density at radius 1 is 0.429 bits per heavy atom. The molecule has 0 aliphatic carbocycles. The van der Waals surface area contributed by atoms with Gasteiger partial charge in [0.25, 0.3) is 0 Å². The van der Waals surface area contributed by atoms with Crippen LogP contribution in [0.5, 0.6) is 0 Å². The van der Waals surface area contributed by atoms with E-state index in [1.807, 2.05) is 0 Å². The van der Waals surface area contributed by atoms with Crippen LogP contribution in [0.2, 0.25) is 0 Å². The summed E-state index contributed by atoms with van der Waals surface area (Å²) >= 11 is 0. The molecule has 0 spiro atoms. The van der Waals surface area contributed by atoms with E-state index in [2.05, 4.69) is 123 Å². The predicted octanol–water partition coefficient (Wildman–Crippen LogP) is 10.9. The van der Waals surface area contributed by atoms with E-state index in [4.69, 9.17) is 9.97 Å². The van der Waals surface area contributed by atoms with Gasteiger partial charge in [-0.3, -0.25) is 0 Å². The molecule has 0 unspecified atom stereocenters. The molecule has 42 heavy (non-hydrogen) atoms. The fourth-order valence-electron chi connectivity index (χ4n) is 6.13. The average Bonchev–Trinajstić information content (AvgIpc) is 3.01. The van der Waals surface area contributed by atoms with Gasteiger partial charge < -0.3 is 0 Å². The molecule has 0 N–H and O–H groups in total. The summed E-state index contributed by atoms with van der Waals surface area (Å²) < 4.78 is 0. The quantitative estimate of drug-likeness (QED) is 0.150. The van der Waals surface area contributed by atoms with E-state index in [9.17, 15) is 0 Å². The molecule has 6 aromatic rings. The van der Waals surface area contributed by atoms with Crippen LogP contribution in [0, 0.1) is 13.8 Å². The minimum Gasteiger partial charge on any atom is -0.248 e. The van der Waals surface area contributed by atoms with Crippen molar-refractivity contribution in [3.05, 3.63) is 131 Å². The maximum atomic E-state index is 4.92. The number of pyridine rings is 2. The first-order valence-electron chi connectivity index (χ1n) is 15.5. The lowest BCUT2D eigenvalue weighted by molar-refractivity contribution is 0.594. The van der Waals surface area contributed by atoms with E-state index < -0.39 is 0 Å². The zero-order valence-corrected chi connectivity index (χ0v) is 24.9. The van der Waals surface area contributed by atoms with Gasteiger partial charge in [-0.2, -0.15) is 0 Å². The molecule has 2 aromatic heterocycles. The van der Waals surface area contributed by atoms with Crippen molar-refractivity contribution in [1.29, 1.82) is 0 Å². The Hall–Kier alpha value is -4.30. The zero-order chi connectivity index (χ0) is 28.7. The number of benzene rings is 4. The van der Waals surface area contributed by atoms with E-state index in [0.29, 0.717) is 0 Å². The molecule has 2 heterocycles. The number of hydrogen-bond donors (Lipinski definition) is 0. The minimum atomic E-state index is 1.06. The maximum Gasteiger partial charge on any atom is 0.0709 e. The van der Waals surface area contributed by atoms with E-state index in [1.54, 1.807) is 0 Å². The molecule has 0 amide bonds. The van der Waals surface area contributed by atoms with E-state index in [0.717, 1.165) is 35.3 Å². The Morgan fingerprint density at radius 2 is 0.857 bits per heavy atom. The van der Waals surface area contributed by atoms with Gasteiger partial charge in [-0.25, -0.2) is 9.97 Å². The van der Waals surface area contributed by atoms with Gasteiger partial charge in [-0.05, 0) is 99.2 Å². The van der Waals surface area contributed by atoms with Gasteiger partial charge in [0.15, 0.2) is 0 Å². The van der Waals surface area contributed by atoms with Crippen molar-refractivity contribution < 1.29 is 0 Å². The number of para-hydroxylation sites is 2. The van der Waals surface area contributed by atoms with Gasteiger partial charge in [-0.15, -0.1) is 0 Å². The number of rotatable bonds is 11. The van der Waals surface area contributed by atoms with E-state index in [-0.39, 0.29) is 0 Å². The summed E-state index contributed by atoms with van der Waals surface area (Å²) in [6.45, 7) is 4.40. The van der Waals surface area contributed by atoms with Crippen LogP contribution in [-0.2, 0) is 12.8 Å². The highest BCUT2D eigenvalue weighted by atomic mass is 14.7. The number of fused-ring (bicyclic) bond motifs is 2. The van der Waals surface area contributed by atoms with Crippen molar-refractivity contribution in [3.8, 4) is 22.5 Å². The number of nitrogens with zero attached hydrogens (tertiary/aromatic N) is 2. The number of aryl methyl sites for hydroxylation is 4. The predicted molar refractivity (Wildman–Crippen MR) is 179 cm³/mol. The topological polar surface area (TPSA) is 25.8 Å². The first-order chi connectivity index (χ1) is 20.6. The summed E-state index contributed by atoms with van der Waals surface area (Å²) in [6, 6.07) is 39.2. The summed E-state index contributed by atoms with van der Waals surface area (Å²) in [5.74, 6) is 0. The maximum absolute atomic E-state index is 4.92. The number of unbranched alkanes of at least 4 members (excludes halogenated alkanes) is 5. The van der Waals surface area contributed by atoms with Crippen LogP contribution >= 0.6 is 0 Å². The lowest BCUT2D eigenvalue weighted by atomic mass is 9.98. The Labute approximate surface area is 250 Å². The normalized spacial score (nSPS) is 11.4. The highest BCUT2D eigenvalue weighted by Crippen LogP contribution is 2.26. The van der Waals surface area contributed by atoms with Crippen LogP contribution in [-0.4, -0.2) is 9.97 Å². The summed E-state index contributed by atoms with van der Waals surface area (Å²) in [7, 11) is 0. The van der Waals surface area contributed by atoms with Gasteiger partial charge in [0, 0.05) is 21.9 Å². The second-order valence-electron chi connectivity index (χ2n) is 11.8. The molecule has 0 atom stereocenters. The molecular weight excluding hydrogens is 508 g/mol. The highest BCUT2D eigenvalue weighted by Gasteiger charge is 2.07. The summed E-state index contributed by atoms with van der Waals surface area (Å²) in [4.78, 5) is 9.84. The molecule has 0 aliphatic heterocycles. The molecule has 0 saturated carbocycles. The van der Waals surface area contributed by atoms with Gasteiger partial charge in [0.1, 0.15) is 0 Å². The third-order valence-electron chi connectivity index (χ3n) is 8.24. The SMILES string of the molecule is Cc1cc(CCCCCCCCc2cc(C)cc(-c3ccc4ccccc4n3)c2)cc(-c2ccc3ccccc3n2)c1. The van der Waals surface area contributed by atoms with E-state index >= 15 is 0 Å². The molecular formula is C40H40N2. The second-order valence-corrected chi connectivity index (χ2v) is 11.8. The highest BCUT2D eigenvalue weighted by molar-refractivity contribution is 5.82. The van der Waals surface area contributed by atoms with Crippen molar-refractivity contribution in [2.45, 2.75) is 65.2 Å². The summed E-state index contributed by atoms with van der Waals surface area (Å²) in [5, 5.41) is 2.38. The van der Waals surface area contributed by atoms with Crippen molar-refractivity contribution in [1.82, 2.24) is 9.97 Å². The lowest BCUT2D eigenvalue weighted by Gasteiger charge is -2.09. The molecule has 0 aliphatic rings. The van der Waals surface area contributed by atoms with Crippen molar-refractivity contribution >= 4 is 21.8 Å². The third-order valence-corrected chi connectivity index (χ3v) is 8.24. The van der Waals surface area contributed by atoms with Crippen LogP contribution < -0.4 is 0 Å². The molecule has 2 nitrogen and oxygen atoms in total. The Kier molecular flexibility index (Phi) is 8.70. The Balaban J connectivity index is 0.960. The standard InChI is InChI=1S/C40H40N2/c1-29-23-31(27-35(25-29)39-21-19-33-15-9-11-17-37(33)41-39)13-7-5-3-4-6-8-14-32-24-30(2)26-36(28-32)40-22-20-34-16-10-12-18-38(34)42-40/h9-12,15-28H,3-8,13-14H2,1-2H3. The monoisotopic (exact) mass is 548 g/mol. The van der Waals surface area contributed by atoms with Crippen LogP contribution in [0.15, 0.2) is 109 Å². The Morgan fingerprint density at radius 3 is 1.33 bits per heavy atom. The number of hydrogen-bond acceptors (Lipinski definition) is 2. The van der Waals surface area contributed by atoms with Gasteiger partial charge in [0.05, 0.1) is 22.4 Å². The molecule has 0 saturated heterocycles. The molecule has 0 bridgehead atoms. The van der Waals surface area contributed by atoms with Crippen molar-refractivity contribution in [3.63, 3.8) is 0 Å². The molecule has 0 radical (unpaired) electrons. The summed E-state index contributed by atoms with van der Waals surface area (Å²) in [5.41, 5.74) is 12.2. The average molecular weight is 549 g/mol. The second kappa shape index (κ2) is 13.1. The van der Waals surface area contributed by atoms with Crippen LogP contribution in [0.3, 0.4) is 0 Å². The first-order valence-corrected chi connectivity index (χ1v) is 15.5. The van der Waals surface area contributed by atoms with Crippen LogP contribution in [0.4, 0.5) is 0 Å². The Bertz CT molecular complexity index is 1680. The van der Waals surface area contributed by atoms with Gasteiger partial charge in [0.2, 0.25) is 0 Å². The summed E-state index contributed by atoms with van der Waals surface area (Å²) in [6.07, 6.45) is 9.96. The molecule has 210 valence electrons. The fourth-order valence-corrected chi connectivity index (χ4v) is 6.13. The van der Waals surface area contributed by atoms with Crippen molar-refractivity contribution in [2.24, 2.45) is 0 Å². The van der Waals surface area contributed by atoms with E-state index in [1.165, 1.54) is 82.7 Å².